The van der Waals surface area contributed by atoms with Crippen LogP contribution in [0.4, 0.5) is 4.39 Å². The zero-order chi connectivity index (χ0) is 16.7. The smallest absolute Gasteiger partial charge is 0.223 e. The van der Waals surface area contributed by atoms with Gasteiger partial charge >= 0.3 is 0 Å². The number of nitrogens with zero attached hydrogens (tertiary/aromatic N) is 2. The van der Waals surface area contributed by atoms with Gasteiger partial charge in [0, 0.05) is 46.1 Å². The lowest BCUT2D eigenvalue weighted by Gasteiger charge is -2.34. The summed E-state index contributed by atoms with van der Waals surface area (Å²) >= 11 is 0. The van der Waals surface area contributed by atoms with E-state index < -0.39 is 0 Å². The van der Waals surface area contributed by atoms with Crippen molar-refractivity contribution in [3.05, 3.63) is 35.6 Å². The maximum absolute atomic E-state index is 13.4. The van der Waals surface area contributed by atoms with Gasteiger partial charge in [-0.2, -0.15) is 0 Å². The van der Waals surface area contributed by atoms with E-state index in [9.17, 15) is 14.0 Å². The summed E-state index contributed by atoms with van der Waals surface area (Å²) in [6, 6.07) is 6.73. The average Bonchev–Trinajstić information content (AvgIpc) is 2.56. The van der Waals surface area contributed by atoms with E-state index in [0.717, 1.165) is 0 Å². The number of hydrogen-bond acceptors (Lipinski definition) is 3. The Kier molecular flexibility index (Phi) is 6.52. The number of rotatable bonds is 6. The summed E-state index contributed by atoms with van der Waals surface area (Å²) in [4.78, 5) is 26.9. The molecule has 6 heteroatoms. The zero-order valence-corrected chi connectivity index (χ0v) is 13.6. The minimum absolute atomic E-state index is 0.0620. The number of carbonyl (C=O) groups excluding carboxylic acids is 2. The maximum atomic E-state index is 13.4. The van der Waals surface area contributed by atoms with Crippen molar-refractivity contribution in [2.45, 2.75) is 19.8 Å². The summed E-state index contributed by atoms with van der Waals surface area (Å²) in [6.07, 6.45) is 1.04. The fourth-order valence-corrected chi connectivity index (χ4v) is 2.67. The van der Waals surface area contributed by atoms with Gasteiger partial charge in [-0.05, 0) is 24.6 Å². The Hall–Kier alpha value is -1.95. The first-order valence-electron chi connectivity index (χ1n) is 8.05. The summed E-state index contributed by atoms with van der Waals surface area (Å²) in [5.74, 6) is -0.0211. The molecule has 0 radical (unpaired) electrons. The second-order valence-corrected chi connectivity index (χ2v) is 5.73. The second-order valence-electron chi connectivity index (χ2n) is 5.73. The van der Waals surface area contributed by atoms with E-state index in [0.29, 0.717) is 57.7 Å². The predicted octanol–water partition coefficient (Wildman–Crippen LogP) is 1.04. The van der Waals surface area contributed by atoms with Crippen molar-refractivity contribution in [1.29, 1.82) is 0 Å². The van der Waals surface area contributed by atoms with Gasteiger partial charge in [0.1, 0.15) is 5.82 Å². The maximum Gasteiger partial charge on any atom is 0.223 e. The van der Waals surface area contributed by atoms with Crippen molar-refractivity contribution in [2.24, 2.45) is 0 Å². The van der Waals surface area contributed by atoms with Crippen LogP contribution in [0.5, 0.6) is 0 Å². The van der Waals surface area contributed by atoms with Crippen molar-refractivity contribution in [1.82, 2.24) is 15.1 Å². The molecule has 0 aliphatic carbocycles. The first-order valence-corrected chi connectivity index (χ1v) is 8.05. The molecule has 1 aromatic rings. The molecule has 1 fully saturated rings. The number of nitrogens with one attached hydrogen (secondary N) is 1. The van der Waals surface area contributed by atoms with Crippen molar-refractivity contribution in [3.63, 3.8) is 0 Å². The number of benzene rings is 1. The molecule has 0 aromatic heterocycles. The molecule has 1 heterocycles. The number of piperazine rings is 1. The van der Waals surface area contributed by atoms with E-state index in [2.05, 4.69) is 5.32 Å². The minimum atomic E-state index is -0.186. The topological polar surface area (TPSA) is 52.7 Å². The Labute approximate surface area is 136 Å². The monoisotopic (exact) mass is 321 g/mol. The lowest BCUT2D eigenvalue weighted by Crippen LogP contribution is -2.50. The summed E-state index contributed by atoms with van der Waals surface area (Å²) in [6.45, 7) is 5.22. The van der Waals surface area contributed by atoms with Crippen LogP contribution in [0, 0.1) is 5.82 Å². The molecule has 0 saturated carbocycles. The lowest BCUT2D eigenvalue weighted by molar-refractivity contribution is -0.138. The normalized spacial score (nSPS) is 14.9. The largest absolute Gasteiger partial charge is 0.339 e. The molecular formula is C17H24FN3O2. The Bertz CT molecular complexity index is 542. The Morgan fingerprint density at radius 3 is 2.39 bits per heavy atom. The van der Waals surface area contributed by atoms with Gasteiger partial charge in [0.2, 0.25) is 11.8 Å². The van der Waals surface area contributed by atoms with Crippen LogP contribution in [-0.2, 0) is 16.0 Å². The SMILES string of the molecule is CC(=O)N1CCN(C(=O)CCNCCc2ccccc2F)CC1. The van der Waals surface area contributed by atoms with Crippen LogP contribution in [-0.4, -0.2) is 60.9 Å². The molecule has 1 aliphatic heterocycles. The molecular weight excluding hydrogens is 297 g/mol. The summed E-state index contributed by atoms with van der Waals surface area (Å²) in [5.41, 5.74) is 0.687. The predicted molar refractivity (Wildman–Crippen MR) is 86.4 cm³/mol. The highest BCUT2D eigenvalue weighted by molar-refractivity contribution is 5.77. The molecule has 0 bridgehead atoms. The van der Waals surface area contributed by atoms with Gasteiger partial charge in [-0.1, -0.05) is 18.2 Å². The second kappa shape index (κ2) is 8.62. The average molecular weight is 321 g/mol. The highest BCUT2D eigenvalue weighted by Gasteiger charge is 2.21. The number of hydrogen-bond donors (Lipinski definition) is 1. The van der Waals surface area contributed by atoms with Gasteiger partial charge in [0.05, 0.1) is 0 Å². The molecule has 5 nitrogen and oxygen atoms in total. The first-order chi connectivity index (χ1) is 11.1. The quantitative estimate of drug-likeness (QED) is 0.797. The van der Waals surface area contributed by atoms with Gasteiger partial charge < -0.3 is 15.1 Å². The van der Waals surface area contributed by atoms with Crippen LogP contribution in [0.1, 0.15) is 18.9 Å². The van der Waals surface area contributed by atoms with Crippen LogP contribution in [0.3, 0.4) is 0 Å². The molecule has 2 amide bonds. The van der Waals surface area contributed by atoms with E-state index in [4.69, 9.17) is 0 Å². The van der Waals surface area contributed by atoms with Crippen LogP contribution in [0.15, 0.2) is 24.3 Å². The van der Waals surface area contributed by atoms with E-state index >= 15 is 0 Å². The van der Waals surface area contributed by atoms with Gasteiger partial charge in [0.25, 0.3) is 0 Å². The highest BCUT2D eigenvalue weighted by atomic mass is 19.1. The van der Waals surface area contributed by atoms with E-state index in [1.54, 1.807) is 28.9 Å². The third kappa shape index (κ3) is 5.32. The number of halogens is 1. The molecule has 126 valence electrons. The van der Waals surface area contributed by atoms with E-state index in [1.807, 2.05) is 6.07 Å². The van der Waals surface area contributed by atoms with Crippen LogP contribution < -0.4 is 5.32 Å². The summed E-state index contributed by atoms with van der Waals surface area (Å²) < 4.78 is 13.4. The molecule has 1 aliphatic rings. The van der Waals surface area contributed by atoms with Crippen LogP contribution >= 0.6 is 0 Å². The molecule has 23 heavy (non-hydrogen) atoms. The molecule has 0 atom stereocenters. The number of amides is 2. The summed E-state index contributed by atoms with van der Waals surface area (Å²) in [5, 5.41) is 3.18. The fraction of sp³-hybridized carbons (Fsp3) is 0.529. The summed E-state index contributed by atoms with van der Waals surface area (Å²) in [7, 11) is 0. The minimum Gasteiger partial charge on any atom is -0.339 e. The number of carbonyl (C=O) groups is 2. The molecule has 0 spiro atoms. The van der Waals surface area contributed by atoms with Gasteiger partial charge in [-0.15, -0.1) is 0 Å². The first kappa shape index (κ1) is 17.4. The molecule has 1 saturated heterocycles. The highest BCUT2D eigenvalue weighted by Crippen LogP contribution is 2.06. The van der Waals surface area contributed by atoms with Crippen LogP contribution in [0.25, 0.3) is 0 Å². The third-order valence-electron chi connectivity index (χ3n) is 4.12. The van der Waals surface area contributed by atoms with Crippen LogP contribution in [0.2, 0.25) is 0 Å². The van der Waals surface area contributed by atoms with Crippen molar-refractivity contribution < 1.29 is 14.0 Å². The van der Waals surface area contributed by atoms with E-state index in [-0.39, 0.29) is 17.6 Å². The molecule has 1 N–H and O–H groups in total. The van der Waals surface area contributed by atoms with Crippen molar-refractivity contribution in [3.8, 4) is 0 Å². The van der Waals surface area contributed by atoms with Crippen molar-refractivity contribution in [2.75, 3.05) is 39.3 Å². The van der Waals surface area contributed by atoms with Gasteiger partial charge in [-0.3, -0.25) is 9.59 Å². The Morgan fingerprint density at radius 2 is 1.74 bits per heavy atom. The Balaban J connectivity index is 1.60. The zero-order valence-electron chi connectivity index (χ0n) is 13.6. The molecule has 2 rings (SSSR count). The Morgan fingerprint density at radius 1 is 1.09 bits per heavy atom. The lowest BCUT2D eigenvalue weighted by atomic mass is 10.1. The van der Waals surface area contributed by atoms with E-state index in [1.165, 1.54) is 6.07 Å². The third-order valence-corrected chi connectivity index (χ3v) is 4.12. The van der Waals surface area contributed by atoms with Crippen molar-refractivity contribution >= 4 is 11.8 Å². The fourth-order valence-electron chi connectivity index (χ4n) is 2.67. The standard InChI is InChI=1S/C17H24FN3O2/c1-14(22)20-10-12-21(13-11-20)17(23)7-9-19-8-6-15-4-2-3-5-16(15)18/h2-5,19H,6-13H2,1H3. The van der Waals surface area contributed by atoms with Gasteiger partial charge in [0.15, 0.2) is 0 Å². The molecule has 0 unspecified atom stereocenters. The molecule has 1 aromatic carbocycles. The van der Waals surface area contributed by atoms with Gasteiger partial charge in [-0.25, -0.2) is 4.39 Å².